The molecule has 230 valence electrons. The maximum Gasteiger partial charge on any atom is 0.0629 e. The smallest absolute Gasteiger partial charge is 0.0629 e. The highest BCUT2D eigenvalue weighted by Crippen LogP contribution is 2.72. The first-order valence-corrected chi connectivity index (χ1v) is 18.2. The largest absolute Gasteiger partial charge is 0.378 e. The van der Waals surface area contributed by atoms with E-state index in [1.807, 2.05) is 5.57 Å². The monoisotopic (exact) mass is 553 g/mol. The molecule has 8 unspecified atom stereocenters. The maximum atomic E-state index is 6.76. The van der Waals surface area contributed by atoms with Crippen LogP contribution in [0, 0.1) is 50.7 Å². The fourth-order valence-corrected chi connectivity index (χ4v) is 11.9. The van der Waals surface area contributed by atoms with Gasteiger partial charge in [-0.2, -0.15) is 0 Å². The normalized spacial score (nSPS) is 43.6. The van der Waals surface area contributed by atoms with Crippen molar-refractivity contribution in [2.75, 3.05) is 6.61 Å². The lowest BCUT2D eigenvalue weighted by Gasteiger charge is -2.68. The van der Waals surface area contributed by atoms with Crippen molar-refractivity contribution in [3.8, 4) is 0 Å². The van der Waals surface area contributed by atoms with Gasteiger partial charge < -0.3 is 4.74 Å². The van der Waals surface area contributed by atoms with Crippen LogP contribution in [0.4, 0.5) is 0 Å². The van der Waals surface area contributed by atoms with Crippen molar-refractivity contribution in [2.24, 2.45) is 50.7 Å². The molecule has 4 fully saturated rings. The molecule has 0 aliphatic heterocycles. The van der Waals surface area contributed by atoms with Gasteiger partial charge in [-0.15, -0.1) is 0 Å². The van der Waals surface area contributed by atoms with E-state index in [0.717, 1.165) is 30.3 Å². The van der Waals surface area contributed by atoms with Crippen LogP contribution in [0.15, 0.2) is 11.6 Å². The molecule has 40 heavy (non-hydrogen) atoms. The second-order valence-corrected chi connectivity index (χ2v) is 18.0. The van der Waals surface area contributed by atoms with Crippen molar-refractivity contribution < 1.29 is 4.74 Å². The summed E-state index contributed by atoms with van der Waals surface area (Å²) in [6, 6.07) is 0. The molecular formula is C39H68O. The highest BCUT2D eigenvalue weighted by Gasteiger charge is 2.64. The second-order valence-electron chi connectivity index (χ2n) is 18.0. The van der Waals surface area contributed by atoms with Crippen LogP contribution in [0.2, 0.25) is 0 Å². The van der Waals surface area contributed by atoms with Gasteiger partial charge in [-0.25, -0.2) is 0 Å². The lowest BCUT2D eigenvalue weighted by atomic mass is 9.37. The molecule has 0 aromatic carbocycles. The summed E-state index contributed by atoms with van der Waals surface area (Å²) < 4.78 is 6.76. The summed E-state index contributed by atoms with van der Waals surface area (Å²) in [5.41, 5.74) is 4.27. The molecule has 0 aromatic heterocycles. The molecule has 5 aliphatic carbocycles. The maximum absolute atomic E-state index is 6.76. The van der Waals surface area contributed by atoms with Gasteiger partial charge in [0.15, 0.2) is 0 Å². The Morgan fingerprint density at radius 2 is 1.35 bits per heavy atom. The van der Waals surface area contributed by atoms with Crippen LogP contribution in [-0.2, 0) is 4.74 Å². The van der Waals surface area contributed by atoms with Crippen LogP contribution >= 0.6 is 0 Å². The molecule has 4 saturated carbocycles. The van der Waals surface area contributed by atoms with E-state index in [4.69, 9.17) is 4.74 Å². The Morgan fingerprint density at radius 1 is 0.675 bits per heavy atom. The van der Waals surface area contributed by atoms with Crippen LogP contribution < -0.4 is 0 Å². The van der Waals surface area contributed by atoms with Crippen LogP contribution in [0.25, 0.3) is 0 Å². The molecular weight excluding hydrogens is 484 g/mol. The van der Waals surface area contributed by atoms with E-state index >= 15 is 0 Å². The topological polar surface area (TPSA) is 9.23 Å². The van der Waals surface area contributed by atoms with E-state index < -0.39 is 0 Å². The molecule has 1 nitrogen and oxygen atoms in total. The van der Waals surface area contributed by atoms with Gasteiger partial charge in [0.2, 0.25) is 0 Å². The van der Waals surface area contributed by atoms with Gasteiger partial charge in [0.25, 0.3) is 0 Å². The molecule has 0 radical (unpaired) electrons. The van der Waals surface area contributed by atoms with Crippen molar-refractivity contribution in [1.29, 1.82) is 0 Å². The van der Waals surface area contributed by atoms with E-state index in [2.05, 4.69) is 61.5 Å². The first-order valence-electron chi connectivity index (χ1n) is 18.2. The van der Waals surface area contributed by atoms with E-state index in [1.165, 1.54) is 116 Å². The van der Waals surface area contributed by atoms with Crippen molar-refractivity contribution in [3.63, 3.8) is 0 Å². The van der Waals surface area contributed by atoms with Crippen molar-refractivity contribution in [3.05, 3.63) is 11.6 Å². The predicted octanol–water partition coefficient (Wildman–Crippen LogP) is 11.9. The lowest BCUT2D eigenvalue weighted by Crippen LogP contribution is -2.62. The SMILES string of the molecule is CCCCCCCCCCOC1CCC2(C)C(CCC3(C)C4CCC5(C)CCC(C)(C)CC5C4=CCC32)C1(C)C. The summed E-state index contributed by atoms with van der Waals surface area (Å²) in [6.45, 7) is 21.8. The summed E-state index contributed by atoms with van der Waals surface area (Å²) in [4.78, 5) is 0. The zero-order valence-corrected chi connectivity index (χ0v) is 28.3. The molecule has 0 spiro atoms. The number of unbranched alkanes of at least 4 members (excludes halogenated alkanes) is 7. The van der Waals surface area contributed by atoms with Gasteiger partial charge in [0, 0.05) is 6.61 Å². The van der Waals surface area contributed by atoms with Gasteiger partial charge in [0.05, 0.1) is 6.10 Å². The number of hydrogen-bond acceptors (Lipinski definition) is 1. The summed E-state index contributed by atoms with van der Waals surface area (Å²) in [5.74, 6) is 3.33. The average molecular weight is 553 g/mol. The van der Waals surface area contributed by atoms with Crippen molar-refractivity contribution in [1.82, 2.24) is 0 Å². The summed E-state index contributed by atoms with van der Waals surface area (Å²) >= 11 is 0. The predicted molar refractivity (Wildman–Crippen MR) is 172 cm³/mol. The fourth-order valence-electron chi connectivity index (χ4n) is 11.9. The van der Waals surface area contributed by atoms with E-state index in [0.29, 0.717) is 27.8 Å². The molecule has 0 heterocycles. The van der Waals surface area contributed by atoms with Gasteiger partial charge in [-0.3, -0.25) is 0 Å². The molecule has 5 aliphatic rings. The third kappa shape index (κ3) is 5.54. The minimum atomic E-state index is 0.289. The minimum Gasteiger partial charge on any atom is -0.378 e. The Labute approximate surface area is 250 Å². The fraction of sp³-hybridized carbons (Fsp3) is 0.949. The first-order chi connectivity index (χ1) is 18.9. The number of rotatable bonds is 10. The highest BCUT2D eigenvalue weighted by molar-refractivity contribution is 5.28. The summed E-state index contributed by atoms with van der Waals surface area (Å²) in [5, 5.41) is 0. The number of allylic oxidation sites excluding steroid dienone is 2. The number of hydrogen-bond donors (Lipinski definition) is 0. The molecule has 0 bridgehead atoms. The lowest BCUT2D eigenvalue weighted by molar-refractivity contribution is -0.197. The average Bonchev–Trinajstić information content (AvgIpc) is 2.89. The highest BCUT2D eigenvalue weighted by atomic mass is 16.5. The molecule has 0 amide bonds. The van der Waals surface area contributed by atoms with Gasteiger partial charge in [-0.1, -0.05) is 112 Å². The van der Waals surface area contributed by atoms with Crippen molar-refractivity contribution >= 4 is 0 Å². The standard InChI is InChI=1S/C39H68O/c1-9-10-11-12-13-14-15-16-27-40-34-21-24-39(8)32(36(34,4)5)20-23-38(7)30-19-22-37(6)26-25-35(2,3)28-31(37)29(30)17-18-33(38)39/h17,30-34H,9-16,18-28H2,1-8H3. The van der Waals surface area contributed by atoms with Crippen LogP contribution in [0.5, 0.6) is 0 Å². The minimum absolute atomic E-state index is 0.289. The number of ether oxygens (including phenoxy) is 1. The molecule has 8 atom stereocenters. The molecule has 5 rings (SSSR count). The van der Waals surface area contributed by atoms with Gasteiger partial charge in [-0.05, 0) is 121 Å². The van der Waals surface area contributed by atoms with E-state index in [9.17, 15) is 0 Å². The Balaban J connectivity index is 1.24. The molecule has 0 saturated heterocycles. The first kappa shape index (κ1) is 31.1. The summed E-state index contributed by atoms with van der Waals surface area (Å²) in [6.07, 6.45) is 28.5. The van der Waals surface area contributed by atoms with Gasteiger partial charge in [0.1, 0.15) is 0 Å². The van der Waals surface area contributed by atoms with E-state index in [-0.39, 0.29) is 5.41 Å². The number of fused-ring (bicyclic) bond motifs is 7. The molecule has 0 aromatic rings. The van der Waals surface area contributed by atoms with E-state index in [1.54, 1.807) is 0 Å². The molecule has 0 N–H and O–H groups in total. The quantitative estimate of drug-likeness (QED) is 0.193. The molecule has 1 heteroatoms. The Bertz CT molecular complexity index is 896. The third-order valence-corrected chi connectivity index (χ3v) is 14.5. The van der Waals surface area contributed by atoms with Crippen LogP contribution in [0.1, 0.15) is 171 Å². The Kier molecular flexibility index (Phi) is 9.07. The zero-order valence-electron chi connectivity index (χ0n) is 28.3. The Morgan fingerprint density at radius 3 is 2.08 bits per heavy atom. The Hall–Kier alpha value is -0.300. The van der Waals surface area contributed by atoms with Crippen LogP contribution in [0.3, 0.4) is 0 Å². The second kappa shape index (κ2) is 11.7. The summed E-state index contributed by atoms with van der Waals surface area (Å²) in [7, 11) is 0. The van der Waals surface area contributed by atoms with Crippen LogP contribution in [-0.4, -0.2) is 12.7 Å². The van der Waals surface area contributed by atoms with Gasteiger partial charge >= 0.3 is 0 Å². The zero-order chi connectivity index (χ0) is 28.8. The van der Waals surface area contributed by atoms with Crippen molar-refractivity contribution in [2.45, 2.75) is 177 Å². The third-order valence-electron chi connectivity index (χ3n) is 14.5.